The number of nitrogens with zero attached hydrogens (tertiary/aromatic N) is 1. The molecule has 1 aromatic carbocycles. The van der Waals surface area contributed by atoms with E-state index in [0.717, 1.165) is 5.56 Å². The summed E-state index contributed by atoms with van der Waals surface area (Å²) in [6, 6.07) is 6.94. The minimum Gasteiger partial charge on any atom is -0.366 e. The molecule has 0 saturated heterocycles. The lowest BCUT2D eigenvalue weighted by molar-refractivity contribution is -0.136. The van der Waals surface area contributed by atoms with Gasteiger partial charge in [-0.15, -0.1) is 0 Å². The fourth-order valence-electron chi connectivity index (χ4n) is 1.70. The highest BCUT2D eigenvalue weighted by Crippen LogP contribution is 2.11. The Bertz CT molecular complexity index is 466. The van der Waals surface area contributed by atoms with Gasteiger partial charge in [0.15, 0.2) is 0 Å². The standard InChI is InChI=1S/C14H21N3O2/c1-14(2,16-3)13(19)17(4)9-10-5-7-11(8-6-10)12(15)18/h5-8,16H,9H2,1-4H3,(H2,15,18). The number of likely N-dealkylation sites (N-methyl/N-ethyl adjacent to an activating group) is 2. The van der Waals surface area contributed by atoms with E-state index in [2.05, 4.69) is 5.32 Å². The van der Waals surface area contributed by atoms with Crippen LogP contribution >= 0.6 is 0 Å². The first kappa shape index (κ1) is 15.2. The summed E-state index contributed by atoms with van der Waals surface area (Å²) in [6.45, 7) is 4.16. The number of carbonyl (C=O) groups excluding carboxylic acids is 2. The van der Waals surface area contributed by atoms with E-state index >= 15 is 0 Å². The smallest absolute Gasteiger partial charge is 0.248 e. The Morgan fingerprint density at radius 1 is 1.26 bits per heavy atom. The number of amides is 2. The monoisotopic (exact) mass is 263 g/mol. The third-order valence-electron chi connectivity index (χ3n) is 3.16. The van der Waals surface area contributed by atoms with Crippen LogP contribution in [0.2, 0.25) is 0 Å². The summed E-state index contributed by atoms with van der Waals surface area (Å²) in [4.78, 5) is 24.8. The Balaban J connectivity index is 2.74. The molecule has 3 N–H and O–H groups in total. The molecule has 1 rings (SSSR count). The summed E-state index contributed by atoms with van der Waals surface area (Å²) in [6.07, 6.45) is 0. The van der Waals surface area contributed by atoms with Crippen LogP contribution < -0.4 is 11.1 Å². The van der Waals surface area contributed by atoms with Gasteiger partial charge in [0.2, 0.25) is 11.8 Å². The van der Waals surface area contributed by atoms with Crippen molar-refractivity contribution >= 4 is 11.8 Å². The second-order valence-corrected chi connectivity index (χ2v) is 5.10. The maximum atomic E-state index is 12.2. The third-order valence-corrected chi connectivity index (χ3v) is 3.16. The maximum Gasteiger partial charge on any atom is 0.248 e. The molecule has 2 amide bonds. The van der Waals surface area contributed by atoms with Crippen LogP contribution in [-0.4, -0.2) is 36.3 Å². The van der Waals surface area contributed by atoms with Crippen molar-refractivity contribution in [2.45, 2.75) is 25.9 Å². The number of nitrogens with two attached hydrogens (primary N) is 1. The van der Waals surface area contributed by atoms with Crippen molar-refractivity contribution in [1.29, 1.82) is 0 Å². The first-order chi connectivity index (χ1) is 8.77. The lowest BCUT2D eigenvalue weighted by Gasteiger charge is -2.29. The Hall–Kier alpha value is -1.88. The van der Waals surface area contributed by atoms with Crippen LogP contribution in [0.3, 0.4) is 0 Å². The zero-order valence-corrected chi connectivity index (χ0v) is 11.9. The van der Waals surface area contributed by atoms with Gasteiger partial charge in [-0.05, 0) is 38.6 Å². The predicted molar refractivity (Wildman–Crippen MR) is 74.6 cm³/mol. The van der Waals surface area contributed by atoms with Crippen LogP contribution in [0, 0.1) is 0 Å². The Kier molecular flexibility index (Phi) is 4.67. The van der Waals surface area contributed by atoms with Crippen molar-refractivity contribution in [1.82, 2.24) is 10.2 Å². The molecule has 1 aromatic rings. The predicted octanol–water partition coefficient (Wildman–Crippen LogP) is 0.742. The van der Waals surface area contributed by atoms with Crippen molar-refractivity contribution in [3.8, 4) is 0 Å². The van der Waals surface area contributed by atoms with Crippen LogP contribution in [0.5, 0.6) is 0 Å². The molecule has 0 saturated carbocycles. The van der Waals surface area contributed by atoms with Crippen molar-refractivity contribution < 1.29 is 9.59 Å². The van der Waals surface area contributed by atoms with Gasteiger partial charge < -0.3 is 16.0 Å². The summed E-state index contributed by atoms with van der Waals surface area (Å²) in [7, 11) is 3.51. The van der Waals surface area contributed by atoms with E-state index in [0.29, 0.717) is 12.1 Å². The van der Waals surface area contributed by atoms with Crippen LogP contribution in [0.4, 0.5) is 0 Å². The van der Waals surface area contributed by atoms with Crippen molar-refractivity contribution in [3.63, 3.8) is 0 Å². The molecule has 104 valence electrons. The second kappa shape index (κ2) is 5.84. The van der Waals surface area contributed by atoms with E-state index in [9.17, 15) is 9.59 Å². The molecular weight excluding hydrogens is 242 g/mol. The van der Waals surface area contributed by atoms with Gasteiger partial charge in [0.05, 0.1) is 5.54 Å². The van der Waals surface area contributed by atoms with E-state index in [1.165, 1.54) is 0 Å². The highest BCUT2D eigenvalue weighted by Gasteiger charge is 2.28. The Morgan fingerprint density at radius 3 is 2.21 bits per heavy atom. The van der Waals surface area contributed by atoms with Gasteiger partial charge in [-0.25, -0.2) is 0 Å². The molecule has 0 spiro atoms. The average molecular weight is 263 g/mol. The molecule has 0 aliphatic rings. The number of nitrogens with one attached hydrogen (secondary N) is 1. The van der Waals surface area contributed by atoms with Gasteiger partial charge in [0, 0.05) is 19.2 Å². The lowest BCUT2D eigenvalue weighted by Crippen LogP contribution is -2.51. The largest absolute Gasteiger partial charge is 0.366 e. The van der Waals surface area contributed by atoms with Gasteiger partial charge in [-0.1, -0.05) is 12.1 Å². The third kappa shape index (κ3) is 3.79. The molecule has 0 aliphatic carbocycles. The normalized spacial score (nSPS) is 11.2. The first-order valence-corrected chi connectivity index (χ1v) is 6.11. The Morgan fingerprint density at radius 2 is 1.79 bits per heavy atom. The van der Waals surface area contributed by atoms with Gasteiger partial charge in [0.1, 0.15) is 0 Å². The fourth-order valence-corrected chi connectivity index (χ4v) is 1.70. The molecule has 0 aliphatic heterocycles. The SMILES string of the molecule is CNC(C)(C)C(=O)N(C)Cc1ccc(C(N)=O)cc1. The van der Waals surface area contributed by atoms with Gasteiger partial charge in [-0.2, -0.15) is 0 Å². The minimum absolute atomic E-state index is 0.00831. The number of benzene rings is 1. The quantitative estimate of drug-likeness (QED) is 0.823. The summed E-state index contributed by atoms with van der Waals surface area (Å²) < 4.78 is 0. The van der Waals surface area contributed by atoms with Crippen molar-refractivity contribution in [2.75, 3.05) is 14.1 Å². The number of hydrogen-bond acceptors (Lipinski definition) is 3. The minimum atomic E-state index is -0.595. The molecule has 0 atom stereocenters. The highest BCUT2D eigenvalue weighted by molar-refractivity contribution is 5.92. The topological polar surface area (TPSA) is 75.4 Å². The highest BCUT2D eigenvalue weighted by atomic mass is 16.2. The number of carbonyl (C=O) groups is 2. The van der Waals surface area contributed by atoms with Crippen molar-refractivity contribution in [2.24, 2.45) is 5.73 Å². The van der Waals surface area contributed by atoms with Gasteiger partial charge in [0.25, 0.3) is 0 Å². The zero-order chi connectivity index (χ0) is 14.6. The number of rotatable bonds is 5. The number of primary amides is 1. The van der Waals surface area contributed by atoms with Crippen LogP contribution in [-0.2, 0) is 11.3 Å². The van der Waals surface area contributed by atoms with E-state index < -0.39 is 11.4 Å². The van der Waals surface area contributed by atoms with E-state index in [1.54, 1.807) is 43.3 Å². The second-order valence-electron chi connectivity index (χ2n) is 5.10. The van der Waals surface area contributed by atoms with Gasteiger partial charge >= 0.3 is 0 Å². The van der Waals surface area contributed by atoms with E-state index in [4.69, 9.17) is 5.73 Å². The molecule has 19 heavy (non-hydrogen) atoms. The Labute approximate surface area is 113 Å². The maximum absolute atomic E-state index is 12.2. The first-order valence-electron chi connectivity index (χ1n) is 6.11. The summed E-state index contributed by atoms with van der Waals surface area (Å²) >= 11 is 0. The molecule has 0 bridgehead atoms. The molecule has 0 aromatic heterocycles. The average Bonchev–Trinajstić information content (AvgIpc) is 2.38. The molecule has 0 unspecified atom stereocenters. The molecule has 5 heteroatoms. The van der Waals surface area contributed by atoms with E-state index in [1.807, 2.05) is 13.8 Å². The summed E-state index contributed by atoms with van der Waals surface area (Å²) in [5.41, 5.74) is 6.00. The lowest BCUT2D eigenvalue weighted by atomic mass is 10.0. The molecule has 0 heterocycles. The zero-order valence-electron chi connectivity index (χ0n) is 11.9. The van der Waals surface area contributed by atoms with Crippen LogP contribution in [0.25, 0.3) is 0 Å². The molecular formula is C14H21N3O2. The fraction of sp³-hybridized carbons (Fsp3) is 0.429. The number of hydrogen-bond donors (Lipinski definition) is 2. The van der Waals surface area contributed by atoms with Crippen molar-refractivity contribution in [3.05, 3.63) is 35.4 Å². The molecule has 0 fully saturated rings. The molecule has 5 nitrogen and oxygen atoms in total. The summed E-state index contributed by atoms with van der Waals surface area (Å²) in [5, 5.41) is 2.98. The summed E-state index contributed by atoms with van der Waals surface area (Å²) in [5.74, 6) is -0.443. The van der Waals surface area contributed by atoms with E-state index in [-0.39, 0.29) is 5.91 Å². The van der Waals surface area contributed by atoms with Crippen LogP contribution in [0.15, 0.2) is 24.3 Å². The van der Waals surface area contributed by atoms with Crippen LogP contribution in [0.1, 0.15) is 29.8 Å². The van der Waals surface area contributed by atoms with Gasteiger partial charge in [-0.3, -0.25) is 9.59 Å². The molecule has 0 radical (unpaired) electrons.